The maximum atomic E-state index is 13.7. The van der Waals surface area contributed by atoms with Crippen LogP contribution in [0.5, 0.6) is 0 Å². The third-order valence-corrected chi connectivity index (χ3v) is 6.70. The van der Waals surface area contributed by atoms with Gasteiger partial charge < -0.3 is 0 Å². The van der Waals surface area contributed by atoms with Crippen LogP contribution in [-0.2, 0) is 20.0 Å². The van der Waals surface area contributed by atoms with E-state index < -0.39 is 30.8 Å². The SMILES string of the molecule is Cc1ccc(NS(=O)(=O)c2ccccc2F)cc1S(=O)(=O)N(C)C. The standard InChI is InChI=1S/C15H17FN2O4S2/c1-11-8-9-12(10-15(11)24(21,22)18(2)3)17-23(19,20)14-7-5-4-6-13(14)16/h4-10,17H,1-3H3. The van der Waals surface area contributed by atoms with Crippen LogP contribution in [0.4, 0.5) is 10.1 Å². The molecule has 0 aliphatic carbocycles. The normalized spacial score (nSPS) is 12.4. The summed E-state index contributed by atoms with van der Waals surface area (Å²) in [6.45, 7) is 1.60. The van der Waals surface area contributed by atoms with Gasteiger partial charge in [0.25, 0.3) is 10.0 Å². The fourth-order valence-electron chi connectivity index (χ4n) is 2.01. The smallest absolute Gasteiger partial charge is 0.264 e. The summed E-state index contributed by atoms with van der Waals surface area (Å²) in [7, 11) is -5.15. The Morgan fingerprint density at radius 1 is 0.958 bits per heavy atom. The second-order valence-electron chi connectivity index (χ2n) is 5.30. The van der Waals surface area contributed by atoms with Crippen LogP contribution in [0.25, 0.3) is 0 Å². The van der Waals surface area contributed by atoms with Crippen molar-refractivity contribution in [3.63, 3.8) is 0 Å². The summed E-state index contributed by atoms with van der Waals surface area (Å²) < 4.78 is 66.1. The molecule has 130 valence electrons. The van der Waals surface area contributed by atoms with Gasteiger partial charge in [-0.3, -0.25) is 4.72 Å². The predicted octanol–water partition coefficient (Wildman–Crippen LogP) is 2.19. The number of anilines is 1. The van der Waals surface area contributed by atoms with Gasteiger partial charge in [0, 0.05) is 14.1 Å². The fourth-order valence-corrected chi connectivity index (χ4v) is 4.28. The van der Waals surface area contributed by atoms with Crippen LogP contribution < -0.4 is 4.72 Å². The van der Waals surface area contributed by atoms with E-state index in [0.717, 1.165) is 16.4 Å². The van der Waals surface area contributed by atoms with Crippen LogP contribution in [0.3, 0.4) is 0 Å². The van der Waals surface area contributed by atoms with Crippen molar-refractivity contribution in [2.45, 2.75) is 16.7 Å². The van der Waals surface area contributed by atoms with Gasteiger partial charge in [0.2, 0.25) is 10.0 Å². The number of hydrogen-bond donors (Lipinski definition) is 1. The van der Waals surface area contributed by atoms with Gasteiger partial charge in [0.05, 0.1) is 10.6 Å². The van der Waals surface area contributed by atoms with Crippen molar-refractivity contribution in [1.29, 1.82) is 0 Å². The van der Waals surface area contributed by atoms with Crippen LogP contribution >= 0.6 is 0 Å². The Labute approximate surface area is 141 Å². The van der Waals surface area contributed by atoms with Crippen LogP contribution in [0.2, 0.25) is 0 Å². The molecule has 0 atom stereocenters. The average Bonchev–Trinajstić information content (AvgIpc) is 2.49. The quantitative estimate of drug-likeness (QED) is 0.872. The van der Waals surface area contributed by atoms with Gasteiger partial charge >= 0.3 is 0 Å². The Hall–Kier alpha value is -1.97. The highest BCUT2D eigenvalue weighted by atomic mass is 32.2. The van der Waals surface area contributed by atoms with Gasteiger partial charge in [-0.05, 0) is 36.8 Å². The molecule has 0 bridgehead atoms. The van der Waals surface area contributed by atoms with Crippen LogP contribution in [0, 0.1) is 12.7 Å². The molecule has 6 nitrogen and oxygen atoms in total. The number of nitrogens with one attached hydrogen (secondary N) is 1. The molecule has 0 aromatic heterocycles. The van der Waals surface area contributed by atoms with Gasteiger partial charge in [0.15, 0.2) is 0 Å². The number of rotatable bonds is 5. The predicted molar refractivity (Wildman–Crippen MR) is 89.3 cm³/mol. The first-order valence-electron chi connectivity index (χ1n) is 6.86. The monoisotopic (exact) mass is 372 g/mol. The second-order valence-corrected chi connectivity index (χ2v) is 9.07. The first kappa shape index (κ1) is 18.4. The largest absolute Gasteiger partial charge is 0.279 e. The van der Waals surface area contributed by atoms with Gasteiger partial charge in [0.1, 0.15) is 10.7 Å². The number of aryl methyl sites for hydroxylation is 1. The molecule has 0 spiro atoms. The molecule has 0 fully saturated rings. The van der Waals surface area contributed by atoms with Crippen molar-refractivity contribution in [2.75, 3.05) is 18.8 Å². The molecule has 0 aliphatic heterocycles. The molecule has 2 aromatic rings. The van der Waals surface area contributed by atoms with E-state index in [9.17, 15) is 21.2 Å². The topological polar surface area (TPSA) is 83.5 Å². The Kier molecular flexibility index (Phi) is 4.97. The molecule has 0 heterocycles. The first-order chi connectivity index (χ1) is 11.1. The zero-order valence-corrected chi connectivity index (χ0v) is 14.9. The third kappa shape index (κ3) is 3.58. The molecule has 0 radical (unpaired) electrons. The molecule has 0 saturated heterocycles. The molecule has 9 heteroatoms. The van der Waals surface area contributed by atoms with Crippen LogP contribution in [0.15, 0.2) is 52.3 Å². The highest BCUT2D eigenvalue weighted by molar-refractivity contribution is 7.92. The van der Waals surface area contributed by atoms with E-state index in [4.69, 9.17) is 0 Å². The molecular formula is C15H17FN2O4S2. The van der Waals surface area contributed by atoms with Crippen molar-refractivity contribution in [2.24, 2.45) is 0 Å². The van der Waals surface area contributed by atoms with Crippen molar-refractivity contribution >= 4 is 25.7 Å². The van der Waals surface area contributed by atoms with Gasteiger partial charge in [-0.25, -0.2) is 25.5 Å². The van der Waals surface area contributed by atoms with Crippen molar-refractivity contribution in [1.82, 2.24) is 4.31 Å². The maximum Gasteiger partial charge on any atom is 0.264 e. The van der Waals surface area contributed by atoms with Gasteiger partial charge in [-0.1, -0.05) is 18.2 Å². The number of benzene rings is 2. The summed E-state index contributed by atoms with van der Waals surface area (Å²) >= 11 is 0. The van der Waals surface area contributed by atoms with Crippen LogP contribution in [0.1, 0.15) is 5.56 Å². The third-order valence-electron chi connectivity index (χ3n) is 3.33. The molecule has 2 rings (SSSR count). The molecular weight excluding hydrogens is 355 g/mol. The second kappa shape index (κ2) is 6.50. The van der Waals surface area contributed by atoms with E-state index in [1.54, 1.807) is 6.92 Å². The molecule has 0 saturated carbocycles. The minimum atomic E-state index is -4.17. The lowest BCUT2D eigenvalue weighted by Gasteiger charge is -2.15. The number of hydrogen-bond acceptors (Lipinski definition) is 4. The number of sulfonamides is 2. The molecule has 24 heavy (non-hydrogen) atoms. The summed E-state index contributed by atoms with van der Waals surface area (Å²) in [5.41, 5.74) is 0.502. The molecule has 1 N–H and O–H groups in total. The van der Waals surface area contributed by atoms with E-state index in [1.165, 1.54) is 44.4 Å². The van der Waals surface area contributed by atoms with E-state index in [2.05, 4.69) is 4.72 Å². The minimum Gasteiger partial charge on any atom is -0.279 e. The summed E-state index contributed by atoms with van der Waals surface area (Å²) in [5.74, 6) is -0.891. The highest BCUT2D eigenvalue weighted by Gasteiger charge is 2.23. The fraction of sp³-hybridized carbons (Fsp3) is 0.200. The van der Waals surface area contributed by atoms with E-state index in [-0.39, 0.29) is 10.6 Å². The van der Waals surface area contributed by atoms with Crippen LogP contribution in [-0.4, -0.2) is 35.2 Å². The van der Waals surface area contributed by atoms with Crippen molar-refractivity contribution in [3.05, 3.63) is 53.8 Å². The Bertz CT molecular complexity index is 971. The minimum absolute atomic E-state index is 0.0266. The zero-order chi connectivity index (χ0) is 18.1. The Balaban J connectivity index is 2.47. The molecule has 0 unspecified atom stereocenters. The lowest BCUT2D eigenvalue weighted by molar-refractivity contribution is 0.520. The van der Waals surface area contributed by atoms with Crippen molar-refractivity contribution < 1.29 is 21.2 Å². The van der Waals surface area contributed by atoms with Gasteiger partial charge in [-0.2, -0.15) is 0 Å². The highest BCUT2D eigenvalue weighted by Crippen LogP contribution is 2.25. The summed E-state index contributed by atoms with van der Waals surface area (Å²) in [4.78, 5) is -0.538. The van der Waals surface area contributed by atoms with Gasteiger partial charge in [-0.15, -0.1) is 0 Å². The summed E-state index contributed by atoms with van der Waals surface area (Å²) in [6.07, 6.45) is 0. The number of halogens is 1. The molecule has 0 amide bonds. The van der Waals surface area contributed by atoms with E-state index >= 15 is 0 Å². The lowest BCUT2D eigenvalue weighted by atomic mass is 10.2. The van der Waals surface area contributed by atoms with E-state index in [0.29, 0.717) is 5.56 Å². The molecule has 0 aliphatic rings. The summed E-state index contributed by atoms with van der Waals surface area (Å²) in [5, 5.41) is 0. The lowest BCUT2D eigenvalue weighted by Crippen LogP contribution is -2.23. The Morgan fingerprint density at radius 3 is 2.17 bits per heavy atom. The Morgan fingerprint density at radius 2 is 1.58 bits per heavy atom. The number of nitrogens with zero attached hydrogens (tertiary/aromatic N) is 1. The maximum absolute atomic E-state index is 13.7. The first-order valence-corrected chi connectivity index (χ1v) is 9.78. The van der Waals surface area contributed by atoms with E-state index in [1.807, 2.05) is 0 Å². The molecule has 2 aromatic carbocycles. The zero-order valence-electron chi connectivity index (χ0n) is 13.3. The van der Waals surface area contributed by atoms with Crippen molar-refractivity contribution in [3.8, 4) is 0 Å². The average molecular weight is 372 g/mol. The summed E-state index contributed by atoms with van der Waals surface area (Å²) in [6, 6.07) is 9.05.